The van der Waals surface area contributed by atoms with Crippen LogP contribution in [0.15, 0.2) is 12.7 Å². The summed E-state index contributed by atoms with van der Waals surface area (Å²) in [6.45, 7) is 7.54. The number of ether oxygens (including phenoxy) is 2. The van der Waals surface area contributed by atoms with Gasteiger partial charge in [-0.1, -0.05) is 13.0 Å². The second-order valence-corrected chi connectivity index (χ2v) is 5.09. The largest absolute Gasteiger partial charge is 0.348 e. The summed E-state index contributed by atoms with van der Waals surface area (Å²) in [5.74, 6) is -0.278. The molecule has 3 heteroatoms. The highest BCUT2D eigenvalue weighted by molar-refractivity contribution is 5.02. The predicted octanol–water partition coefficient (Wildman–Crippen LogP) is 2.21. The lowest BCUT2D eigenvalue weighted by molar-refractivity contribution is -0.192. The summed E-state index contributed by atoms with van der Waals surface area (Å²) in [4.78, 5) is 0. The van der Waals surface area contributed by atoms with Crippen LogP contribution < -0.4 is 5.73 Å². The van der Waals surface area contributed by atoms with Crippen LogP contribution in [0.3, 0.4) is 0 Å². The minimum absolute atomic E-state index is 0.0938. The molecule has 92 valence electrons. The van der Waals surface area contributed by atoms with Crippen molar-refractivity contribution in [2.75, 3.05) is 13.2 Å². The zero-order valence-electron chi connectivity index (χ0n) is 10.2. The maximum atomic E-state index is 6.18. The molecule has 0 aromatic heterocycles. The molecule has 1 aliphatic heterocycles. The zero-order valence-corrected chi connectivity index (χ0v) is 10.2. The Morgan fingerprint density at radius 1 is 1.25 bits per heavy atom. The van der Waals surface area contributed by atoms with Crippen LogP contribution in [-0.4, -0.2) is 25.0 Å². The molecular weight excluding hydrogens is 202 g/mol. The Morgan fingerprint density at radius 2 is 1.81 bits per heavy atom. The topological polar surface area (TPSA) is 44.5 Å². The van der Waals surface area contributed by atoms with Gasteiger partial charge in [-0.05, 0) is 24.7 Å². The molecule has 1 atom stereocenters. The number of nitrogens with two attached hydrogens (primary N) is 1. The van der Waals surface area contributed by atoms with Crippen LogP contribution in [0.25, 0.3) is 0 Å². The van der Waals surface area contributed by atoms with Gasteiger partial charge in [0.05, 0.1) is 13.2 Å². The smallest absolute Gasteiger partial charge is 0.168 e. The molecule has 2 fully saturated rings. The first kappa shape index (κ1) is 12.1. The van der Waals surface area contributed by atoms with Gasteiger partial charge in [0.2, 0.25) is 0 Å². The maximum absolute atomic E-state index is 6.18. The minimum Gasteiger partial charge on any atom is -0.348 e. The monoisotopic (exact) mass is 225 g/mol. The fraction of sp³-hybridized carbons (Fsp3) is 0.846. The predicted molar refractivity (Wildman–Crippen MR) is 64.0 cm³/mol. The van der Waals surface area contributed by atoms with Crippen LogP contribution in [0.4, 0.5) is 0 Å². The third-order valence-electron chi connectivity index (χ3n) is 4.49. The highest BCUT2D eigenvalue weighted by atomic mass is 16.7. The number of rotatable bonds is 3. The second kappa shape index (κ2) is 4.47. The first-order valence-electron chi connectivity index (χ1n) is 6.32. The van der Waals surface area contributed by atoms with E-state index in [2.05, 4.69) is 13.5 Å². The first-order valence-corrected chi connectivity index (χ1v) is 6.32. The summed E-state index contributed by atoms with van der Waals surface area (Å²) in [6, 6.07) is 0.0938. The molecule has 1 saturated carbocycles. The Morgan fingerprint density at radius 3 is 2.25 bits per heavy atom. The molecule has 0 radical (unpaired) electrons. The van der Waals surface area contributed by atoms with Gasteiger partial charge in [0.15, 0.2) is 5.79 Å². The van der Waals surface area contributed by atoms with E-state index in [4.69, 9.17) is 15.2 Å². The van der Waals surface area contributed by atoms with Crippen LogP contribution >= 0.6 is 0 Å². The van der Waals surface area contributed by atoms with Gasteiger partial charge in [-0.2, -0.15) is 0 Å². The first-order chi connectivity index (χ1) is 7.66. The van der Waals surface area contributed by atoms with E-state index in [9.17, 15) is 0 Å². The van der Waals surface area contributed by atoms with E-state index in [1.165, 1.54) is 0 Å². The molecule has 1 unspecified atom stereocenters. The Hall–Kier alpha value is -0.380. The van der Waals surface area contributed by atoms with Crippen LogP contribution in [0.2, 0.25) is 0 Å². The average molecular weight is 225 g/mol. The Balaban J connectivity index is 2.03. The minimum atomic E-state index is -0.278. The number of hydrogen-bond acceptors (Lipinski definition) is 3. The third kappa shape index (κ3) is 1.92. The van der Waals surface area contributed by atoms with E-state index in [-0.39, 0.29) is 17.2 Å². The molecule has 1 heterocycles. The van der Waals surface area contributed by atoms with Gasteiger partial charge in [-0.25, -0.2) is 0 Å². The summed E-state index contributed by atoms with van der Waals surface area (Å²) in [7, 11) is 0. The van der Waals surface area contributed by atoms with E-state index in [0.717, 1.165) is 45.3 Å². The second-order valence-electron chi connectivity index (χ2n) is 5.09. The molecule has 16 heavy (non-hydrogen) atoms. The summed E-state index contributed by atoms with van der Waals surface area (Å²) in [5, 5.41) is 0. The van der Waals surface area contributed by atoms with E-state index >= 15 is 0 Å². The lowest BCUT2D eigenvalue weighted by Crippen LogP contribution is -2.47. The lowest BCUT2D eigenvalue weighted by Gasteiger charge is -2.45. The molecule has 2 aliphatic rings. The van der Waals surface area contributed by atoms with Crippen molar-refractivity contribution in [1.82, 2.24) is 0 Å². The molecule has 1 aliphatic carbocycles. The maximum Gasteiger partial charge on any atom is 0.168 e. The van der Waals surface area contributed by atoms with Crippen LogP contribution in [0, 0.1) is 5.41 Å². The normalized spacial score (nSPS) is 29.1. The molecule has 1 saturated heterocycles. The summed E-state index contributed by atoms with van der Waals surface area (Å²) in [5.41, 5.74) is 6.39. The molecule has 3 nitrogen and oxygen atoms in total. The number of hydrogen-bond donors (Lipinski definition) is 1. The molecule has 0 aromatic rings. The van der Waals surface area contributed by atoms with Crippen molar-refractivity contribution in [1.29, 1.82) is 0 Å². The Labute approximate surface area is 98.0 Å². The molecule has 2 N–H and O–H groups in total. The fourth-order valence-corrected chi connectivity index (χ4v) is 3.09. The highest BCUT2D eigenvalue weighted by Crippen LogP contribution is 2.48. The van der Waals surface area contributed by atoms with Crippen molar-refractivity contribution < 1.29 is 9.47 Å². The molecule has 2 rings (SSSR count). The fourth-order valence-electron chi connectivity index (χ4n) is 3.09. The summed E-state index contributed by atoms with van der Waals surface area (Å²) < 4.78 is 11.5. The van der Waals surface area contributed by atoms with Gasteiger partial charge in [-0.3, -0.25) is 0 Å². The van der Waals surface area contributed by atoms with Gasteiger partial charge < -0.3 is 15.2 Å². The van der Waals surface area contributed by atoms with E-state index in [1.54, 1.807) is 0 Å². The van der Waals surface area contributed by atoms with Crippen molar-refractivity contribution in [3.05, 3.63) is 12.7 Å². The van der Waals surface area contributed by atoms with Crippen LogP contribution in [-0.2, 0) is 9.47 Å². The Kier molecular flexibility index (Phi) is 3.38. The Bertz CT molecular complexity index is 249. The molecular formula is C13H23NO2. The van der Waals surface area contributed by atoms with Crippen molar-refractivity contribution in [3.63, 3.8) is 0 Å². The highest BCUT2D eigenvalue weighted by Gasteiger charge is 2.47. The zero-order chi connectivity index (χ0) is 11.6. The van der Waals surface area contributed by atoms with Crippen molar-refractivity contribution in [2.45, 2.75) is 50.9 Å². The average Bonchev–Trinajstić information content (AvgIpc) is 2.78. The van der Waals surface area contributed by atoms with Crippen LogP contribution in [0.5, 0.6) is 0 Å². The molecule has 1 spiro atoms. The van der Waals surface area contributed by atoms with Gasteiger partial charge >= 0.3 is 0 Å². The third-order valence-corrected chi connectivity index (χ3v) is 4.49. The van der Waals surface area contributed by atoms with Gasteiger partial charge in [0.1, 0.15) is 0 Å². The van der Waals surface area contributed by atoms with E-state index in [1.807, 2.05) is 6.08 Å². The van der Waals surface area contributed by atoms with Gasteiger partial charge in [0.25, 0.3) is 0 Å². The summed E-state index contributed by atoms with van der Waals surface area (Å²) >= 11 is 0. The molecule has 0 amide bonds. The standard InChI is InChI=1S/C13H23NO2/c1-3-11(14)12(4-2)5-7-13(8-6-12)15-9-10-16-13/h3,11H,1,4-10,14H2,2H3. The van der Waals surface area contributed by atoms with Crippen LogP contribution in [0.1, 0.15) is 39.0 Å². The summed E-state index contributed by atoms with van der Waals surface area (Å²) in [6.07, 6.45) is 7.10. The van der Waals surface area contributed by atoms with Gasteiger partial charge in [-0.15, -0.1) is 6.58 Å². The molecule has 0 bridgehead atoms. The SMILES string of the molecule is C=CC(N)C1(CC)CCC2(CC1)OCCO2. The van der Waals surface area contributed by atoms with E-state index < -0.39 is 0 Å². The van der Waals surface area contributed by atoms with Crippen molar-refractivity contribution >= 4 is 0 Å². The van der Waals surface area contributed by atoms with E-state index in [0.29, 0.717) is 0 Å². The quantitative estimate of drug-likeness (QED) is 0.749. The van der Waals surface area contributed by atoms with Crippen molar-refractivity contribution in [3.8, 4) is 0 Å². The molecule has 0 aromatic carbocycles. The van der Waals surface area contributed by atoms with Crippen molar-refractivity contribution in [2.24, 2.45) is 11.1 Å². The van der Waals surface area contributed by atoms with Gasteiger partial charge in [0, 0.05) is 18.9 Å². The lowest BCUT2D eigenvalue weighted by atomic mass is 9.66.